The molecule has 0 bridgehead atoms. The molecular formula is C23H40ClNO2SSi. The van der Waals surface area contributed by atoms with E-state index >= 15 is 0 Å². The number of thioether (sulfide) groups is 1. The standard InChI is InChI=1S/C17H29NOSSi.C6H11ClO/c1-7-8-9-13-16(19-21(5,6)17(2,3)4)20-15-12-10-11-14-18-15;1-2-3-4-5-6(7)8/h10-14H,7-9H2,1-6H3;2-5H2,1H3/b16-13+;. The van der Waals surface area contributed by atoms with E-state index in [2.05, 4.69) is 58.8 Å². The number of nitrogens with zero attached hydrogens (tertiary/aromatic N) is 1. The summed E-state index contributed by atoms with van der Waals surface area (Å²) in [6.45, 7) is 15.7. The number of aromatic nitrogens is 1. The number of pyridine rings is 1. The molecule has 1 aromatic heterocycles. The van der Waals surface area contributed by atoms with Crippen molar-refractivity contribution in [2.45, 2.75) is 103 Å². The number of rotatable bonds is 11. The van der Waals surface area contributed by atoms with Gasteiger partial charge >= 0.3 is 0 Å². The molecule has 3 nitrogen and oxygen atoms in total. The quantitative estimate of drug-likeness (QED) is 0.110. The van der Waals surface area contributed by atoms with E-state index in [-0.39, 0.29) is 10.3 Å². The molecule has 0 amide bonds. The summed E-state index contributed by atoms with van der Waals surface area (Å²) in [6.07, 6.45) is 11.3. The monoisotopic (exact) mass is 457 g/mol. The Morgan fingerprint density at radius 3 is 2.31 bits per heavy atom. The lowest BCUT2D eigenvalue weighted by molar-refractivity contribution is -0.111. The molecule has 0 aromatic carbocycles. The molecule has 1 rings (SSSR count). The maximum absolute atomic E-state index is 10.1. The lowest BCUT2D eigenvalue weighted by Gasteiger charge is -2.37. The number of carbonyl (C=O) groups is 1. The number of unbranched alkanes of at least 4 members (excludes halogenated alkanes) is 4. The first-order valence-corrected chi connectivity index (χ1v) is 14.8. The molecule has 29 heavy (non-hydrogen) atoms. The summed E-state index contributed by atoms with van der Waals surface area (Å²) < 4.78 is 6.48. The second kappa shape index (κ2) is 15.1. The summed E-state index contributed by atoms with van der Waals surface area (Å²) in [6, 6.07) is 6.00. The topological polar surface area (TPSA) is 39.2 Å². The lowest BCUT2D eigenvalue weighted by atomic mass is 10.2. The zero-order valence-electron chi connectivity index (χ0n) is 19.4. The second-order valence-electron chi connectivity index (χ2n) is 8.61. The summed E-state index contributed by atoms with van der Waals surface area (Å²) in [5, 5.41) is 2.02. The molecular weight excluding hydrogens is 418 g/mol. The Morgan fingerprint density at radius 1 is 1.17 bits per heavy atom. The summed E-state index contributed by atoms with van der Waals surface area (Å²) in [4.78, 5) is 14.5. The third-order valence-electron chi connectivity index (χ3n) is 4.85. The Kier molecular flexibility index (Phi) is 14.7. The van der Waals surface area contributed by atoms with Crippen LogP contribution in [0, 0.1) is 0 Å². The van der Waals surface area contributed by atoms with Gasteiger partial charge in [-0.1, -0.05) is 59.9 Å². The van der Waals surface area contributed by atoms with Crippen molar-refractivity contribution < 1.29 is 9.22 Å². The van der Waals surface area contributed by atoms with E-state index < -0.39 is 8.32 Å². The van der Waals surface area contributed by atoms with Gasteiger partial charge in [-0.15, -0.1) is 0 Å². The van der Waals surface area contributed by atoms with E-state index in [0.29, 0.717) is 6.42 Å². The zero-order valence-corrected chi connectivity index (χ0v) is 22.0. The van der Waals surface area contributed by atoms with Gasteiger partial charge in [-0.2, -0.15) is 0 Å². The van der Waals surface area contributed by atoms with Gasteiger partial charge in [0.05, 0.1) is 0 Å². The van der Waals surface area contributed by atoms with Crippen molar-refractivity contribution >= 4 is 36.9 Å². The van der Waals surface area contributed by atoms with Crippen LogP contribution in [-0.4, -0.2) is 18.5 Å². The fraction of sp³-hybridized carbons (Fsp3) is 0.652. The molecule has 0 atom stereocenters. The largest absolute Gasteiger partial charge is 0.539 e. The zero-order chi connectivity index (χ0) is 22.3. The van der Waals surface area contributed by atoms with Gasteiger partial charge in [0.2, 0.25) is 5.24 Å². The Morgan fingerprint density at radius 2 is 1.83 bits per heavy atom. The Labute approximate surface area is 189 Å². The van der Waals surface area contributed by atoms with E-state index in [0.717, 1.165) is 35.8 Å². The molecule has 0 unspecified atom stereocenters. The van der Waals surface area contributed by atoms with Crippen LogP contribution < -0.4 is 0 Å². The normalized spacial score (nSPS) is 12.2. The molecule has 0 fully saturated rings. The van der Waals surface area contributed by atoms with E-state index in [9.17, 15) is 4.79 Å². The maximum atomic E-state index is 10.1. The number of carbonyl (C=O) groups excluding carboxylic acids is 1. The van der Waals surface area contributed by atoms with E-state index in [1.165, 1.54) is 12.8 Å². The van der Waals surface area contributed by atoms with Crippen LogP contribution in [0.4, 0.5) is 0 Å². The third kappa shape index (κ3) is 14.0. The average molecular weight is 458 g/mol. The summed E-state index contributed by atoms with van der Waals surface area (Å²) >= 11 is 6.72. The van der Waals surface area contributed by atoms with Crippen molar-refractivity contribution in [2.75, 3.05) is 0 Å². The fourth-order valence-corrected chi connectivity index (χ4v) is 4.44. The van der Waals surface area contributed by atoms with Crippen molar-refractivity contribution in [2.24, 2.45) is 0 Å². The molecule has 0 N–H and O–H groups in total. The molecule has 166 valence electrons. The highest BCUT2D eigenvalue weighted by atomic mass is 35.5. The van der Waals surface area contributed by atoms with Crippen LogP contribution in [-0.2, 0) is 9.22 Å². The van der Waals surface area contributed by atoms with Gasteiger partial charge in [0.1, 0.15) is 10.1 Å². The van der Waals surface area contributed by atoms with Crippen LogP contribution in [0.5, 0.6) is 0 Å². The first-order valence-electron chi connectivity index (χ1n) is 10.7. The highest BCUT2D eigenvalue weighted by Gasteiger charge is 2.39. The molecule has 1 aromatic rings. The number of halogens is 1. The molecule has 0 radical (unpaired) electrons. The minimum Gasteiger partial charge on any atom is -0.539 e. The van der Waals surface area contributed by atoms with Crippen molar-refractivity contribution in [1.29, 1.82) is 0 Å². The minimum atomic E-state index is -1.80. The van der Waals surface area contributed by atoms with E-state index in [4.69, 9.17) is 16.0 Å². The summed E-state index contributed by atoms with van der Waals surface area (Å²) in [7, 11) is -1.80. The van der Waals surface area contributed by atoms with E-state index in [1.807, 2.05) is 24.4 Å². The van der Waals surface area contributed by atoms with Gasteiger partial charge in [0.15, 0.2) is 0 Å². The van der Waals surface area contributed by atoms with Gasteiger partial charge in [-0.05, 0) is 79.0 Å². The molecule has 1 heterocycles. The van der Waals surface area contributed by atoms with Gasteiger partial charge in [-0.3, -0.25) is 4.79 Å². The van der Waals surface area contributed by atoms with Crippen molar-refractivity contribution in [3.05, 3.63) is 35.6 Å². The number of allylic oxidation sites excluding steroid dienone is 1. The molecule has 0 aliphatic heterocycles. The highest BCUT2D eigenvalue weighted by molar-refractivity contribution is 8.02. The predicted molar refractivity (Wildman–Crippen MR) is 131 cm³/mol. The van der Waals surface area contributed by atoms with Crippen LogP contribution >= 0.6 is 23.4 Å². The summed E-state index contributed by atoms with van der Waals surface area (Å²) in [5.41, 5.74) is 0. The van der Waals surface area contributed by atoms with E-state index in [1.54, 1.807) is 11.8 Å². The second-order valence-corrected chi connectivity index (χ2v) is 14.8. The molecule has 0 aliphatic rings. The van der Waals surface area contributed by atoms with Crippen molar-refractivity contribution in [3.8, 4) is 0 Å². The third-order valence-corrected chi connectivity index (χ3v) is 10.4. The van der Waals surface area contributed by atoms with Crippen LogP contribution in [0.25, 0.3) is 0 Å². The van der Waals surface area contributed by atoms with Crippen LogP contribution in [0.1, 0.15) is 79.6 Å². The van der Waals surface area contributed by atoms with Gasteiger partial charge < -0.3 is 4.43 Å². The van der Waals surface area contributed by atoms with Crippen LogP contribution in [0.2, 0.25) is 18.1 Å². The molecule has 0 spiro atoms. The van der Waals surface area contributed by atoms with Gasteiger partial charge in [0.25, 0.3) is 8.32 Å². The van der Waals surface area contributed by atoms with Gasteiger partial charge in [-0.25, -0.2) is 4.98 Å². The Balaban J connectivity index is 0.000000828. The number of hydrogen-bond acceptors (Lipinski definition) is 4. The fourth-order valence-electron chi connectivity index (χ4n) is 1.96. The minimum absolute atomic E-state index is 0.210. The van der Waals surface area contributed by atoms with Crippen molar-refractivity contribution in [3.63, 3.8) is 0 Å². The molecule has 0 aliphatic carbocycles. The highest BCUT2D eigenvalue weighted by Crippen LogP contribution is 2.40. The first kappa shape index (κ1) is 28.2. The van der Waals surface area contributed by atoms with Crippen LogP contribution in [0.3, 0.4) is 0 Å². The average Bonchev–Trinajstić information content (AvgIpc) is 2.62. The Hall–Kier alpha value is -0.783. The Bertz CT molecular complexity index is 601. The number of hydrogen-bond donors (Lipinski definition) is 0. The SMILES string of the molecule is CCCC/C=C(\O[Si](C)(C)C(C)(C)C)Sc1ccccn1.CCCCCC(=O)Cl. The van der Waals surface area contributed by atoms with Crippen molar-refractivity contribution in [1.82, 2.24) is 4.98 Å². The molecule has 6 heteroatoms. The predicted octanol–water partition coefficient (Wildman–Crippen LogP) is 8.56. The lowest BCUT2D eigenvalue weighted by Crippen LogP contribution is -2.40. The molecule has 0 saturated carbocycles. The smallest absolute Gasteiger partial charge is 0.251 e. The van der Waals surface area contributed by atoms with Crippen LogP contribution in [0.15, 0.2) is 40.6 Å². The van der Waals surface area contributed by atoms with Gasteiger partial charge in [0, 0.05) is 12.6 Å². The summed E-state index contributed by atoms with van der Waals surface area (Å²) in [5.74, 6) is 0. The maximum Gasteiger partial charge on any atom is 0.251 e. The first-order chi connectivity index (χ1) is 13.5. The molecule has 0 saturated heterocycles.